The molecule has 138 valence electrons. The lowest BCUT2D eigenvalue weighted by molar-refractivity contribution is -0.830. The van der Waals surface area contributed by atoms with Gasteiger partial charge in [0, 0.05) is 13.0 Å². The number of aliphatic imine (C=N–C) groups is 1. The molecule has 1 N–H and O–H groups in total. The van der Waals surface area contributed by atoms with Crippen molar-refractivity contribution in [2.45, 2.75) is 72.1 Å². The Morgan fingerprint density at radius 2 is 1.88 bits per heavy atom. The largest absolute Gasteiger partial charge is 0.351 e. The second kappa shape index (κ2) is 12.2. The Hall–Kier alpha value is -1.16. The van der Waals surface area contributed by atoms with E-state index in [1.807, 2.05) is 0 Å². The van der Waals surface area contributed by atoms with Crippen LogP contribution in [0.2, 0.25) is 0 Å². The zero-order chi connectivity index (χ0) is 17.7. The molecule has 0 bridgehead atoms. The van der Waals surface area contributed by atoms with Gasteiger partial charge in [-0.2, -0.15) is 0 Å². The third-order valence-corrected chi connectivity index (χ3v) is 5.05. The summed E-state index contributed by atoms with van der Waals surface area (Å²) in [6.07, 6.45) is 15.2. The number of allylic oxidation sites excluding steroid dienone is 1. The number of amidine groups is 1. The van der Waals surface area contributed by atoms with Gasteiger partial charge in [0.25, 0.3) is 0 Å². The van der Waals surface area contributed by atoms with Crippen molar-refractivity contribution in [1.29, 1.82) is 0 Å². The highest BCUT2D eigenvalue weighted by Gasteiger charge is 2.34. The van der Waals surface area contributed by atoms with Crippen molar-refractivity contribution in [3.05, 3.63) is 12.2 Å². The molecule has 24 heavy (non-hydrogen) atoms. The summed E-state index contributed by atoms with van der Waals surface area (Å²) in [5.41, 5.74) is 0. The molecule has 1 aliphatic heterocycles. The fourth-order valence-corrected chi connectivity index (χ4v) is 3.39. The summed E-state index contributed by atoms with van der Waals surface area (Å²) < 4.78 is 0.911. The van der Waals surface area contributed by atoms with Gasteiger partial charge in [-0.05, 0) is 19.8 Å². The summed E-state index contributed by atoms with van der Waals surface area (Å²) in [5.74, 6) is 1.25. The van der Waals surface area contributed by atoms with Crippen molar-refractivity contribution < 1.29 is 9.28 Å². The van der Waals surface area contributed by atoms with Gasteiger partial charge >= 0.3 is 0 Å². The van der Waals surface area contributed by atoms with Gasteiger partial charge in [0.2, 0.25) is 11.7 Å². The minimum absolute atomic E-state index is 0.0522. The van der Waals surface area contributed by atoms with Gasteiger partial charge < -0.3 is 5.32 Å². The van der Waals surface area contributed by atoms with Crippen LogP contribution in [-0.2, 0) is 4.79 Å². The zero-order valence-electron chi connectivity index (χ0n) is 16.1. The van der Waals surface area contributed by atoms with Crippen molar-refractivity contribution in [1.82, 2.24) is 5.32 Å². The highest BCUT2D eigenvalue weighted by Crippen LogP contribution is 2.16. The number of quaternary nitrogens is 1. The molecular weight excluding hydrogens is 298 g/mol. The maximum absolute atomic E-state index is 11.1. The molecule has 0 radical (unpaired) electrons. The van der Waals surface area contributed by atoms with Crippen LogP contribution in [0.15, 0.2) is 17.1 Å². The molecule has 1 heterocycles. The summed E-state index contributed by atoms with van der Waals surface area (Å²) in [4.78, 5) is 15.8. The zero-order valence-corrected chi connectivity index (χ0v) is 16.1. The third-order valence-electron chi connectivity index (χ3n) is 5.05. The van der Waals surface area contributed by atoms with Gasteiger partial charge in [-0.3, -0.25) is 9.28 Å². The van der Waals surface area contributed by atoms with E-state index in [9.17, 15) is 4.79 Å². The van der Waals surface area contributed by atoms with Gasteiger partial charge in [0.15, 0.2) is 0 Å². The van der Waals surface area contributed by atoms with E-state index in [0.717, 1.165) is 43.6 Å². The quantitative estimate of drug-likeness (QED) is 0.400. The number of nitrogens with one attached hydrogen (secondary N) is 1. The number of hydrogen-bond donors (Lipinski definition) is 1. The smallest absolute Gasteiger partial charge is 0.222 e. The van der Waals surface area contributed by atoms with Crippen LogP contribution in [0.4, 0.5) is 0 Å². The Labute approximate surface area is 149 Å². The number of likely N-dealkylation sites (N-methyl/N-ethyl adjacent to an activating group) is 1. The molecule has 1 amide bonds. The summed E-state index contributed by atoms with van der Waals surface area (Å²) in [5, 5.41) is 2.92. The molecule has 0 saturated heterocycles. The number of amides is 1. The Kier molecular flexibility index (Phi) is 10.6. The van der Waals surface area contributed by atoms with Crippen LogP contribution in [0.25, 0.3) is 0 Å². The number of carbonyl (C=O) groups excluding carboxylic acids is 1. The third kappa shape index (κ3) is 7.61. The molecule has 1 atom stereocenters. The predicted molar refractivity (Wildman–Crippen MR) is 103 cm³/mol. The number of hydrogen-bond acceptors (Lipinski definition) is 2. The van der Waals surface area contributed by atoms with E-state index >= 15 is 0 Å². The Morgan fingerprint density at radius 3 is 2.54 bits per heavy atom. The van der Waals surface area contributed by atoms with E-state index in [1.54, 1.807) is 6.92 Å². The van der Waals surface area contributed by atoms with Crippen LogP contribution in [0.3, 0.4) is 0 Å². The molecule has 0 aliphatic carbocycles. The van der Waals surface area contributed by atoms with E-state index in [1.165, 1.54) is 50.8 Å². The maximum Gasteiger partial charge on any atom is 0.222 e. The van der Waals surface area contributed by atoms with Crippen molar-refractivity contribution >= 4 is 11.7 Å². The Balaban J connectivity index is 2.29. The molecular formula is C20H38N3O+. The molecule has 0 aromatic heterocycles. The normalized spacial score (nSPS) is 20.5. The van der Waals surface area contributed by atoms with Crippen LogP contribution in [0.5, 0.6) is 0 Å². The second-order valence-corrected chi connectivity index (χ2v) is 6.94. The lowest BCUT2D eigenvalue weighted by atomic mass is 10.1. The molecule has 0 saturated carbocycles. The first-order valence-corrected chi connectivity index (χ1v) is 9.96. The van der Waals surface area contributed by atoms with Crippen molar-refractivity contribution in [3.8, 4) is 0 Å². The number of nitrogens with zero attached hydrogens (tertiary/aromatic N) is 2. The first-order valence-electron chi connectivity index (χ1n) is 9.96. The summed E-state index contributed by atoms with van der Waals surface area (Å²) >= 11 is 0. The van der Waals surface area contributed by atoms with Gasteiger partial charge in [-0.1, -0.05) is 51.5 Å². The van der Waals surface area contributed by atoms with E-state index in [2.05, 4.69) is 31.3 Å². The van der Waals surface area contributed by atoms with Gasteiger partial charge in [0.05, 0.1) is 19.6 Å². The van der Waals surface area contributed by atoms with Gasteiger partial charge in [0.1, 0.15) is 13.1 Å². The minimum Gasteiger partial charge on any atom is -0.351 e. The second-order valence-electron chi connectivity index (χ2n) is 6.94. The summed E-state index contributed by atoms with van der Waals surface area (Å²) in [6, 6.07) is 0. The Bertz CT molecular complexity index is 417. The molecule has 0 spiro atoms. The van der Waals surface area contributed by atoms with E-state index in [-0.39, 0.29) is 5.91 Å². The fourth-order valence-electron chi connectivity index (χ4n) is 3.39. The van der Waals surface area contributed by atoms with Gasteiger partial charge in [-0.15, -0.1) is 0 Å². The molecule has 4 nitrogen and oxygen atoms in total. The maximum atomic E-state index is 11.1. The minimum atomic E-state index is 0.0522. The molecule has 0 aromatic carbocycles. The number of rotatable bonds is 13. The van der Waals surface area contributed by atoms with Crippen LogP contribution in [-0.4, -0.2) is 48.9 Å². The van der Waals surface area contributed by atoms with Crippen molar-refractivity contribution in [2.24, 2.45) is 4.99 Å². The average Bonchev–Trinajstić information content (AvgIpc) is 2.96. The predicted octanol–water partition coefficient (Wildman–Crippen LogP) is 4.07. The van der Waals surface area contributed by atoms with E-state index in [4.69, 9.17) is 4.99 Å². The molecule has 1 unspecified atom stereocenters. The molecule has 1 rings (SSSR count). The van der Waals surface area contributed by atoms with Crippen LogP contribution in [0.1, 0.15) is 72.1 Å². The highest BCUT2D eigenvalue weighted by molar-refractivity contribution is 5.88. The van der Waals surface area contributed by atoms with Crippen LogP contribution in [0, 0.1) is 0 Å². The monoisotopic (exact) mass is 336 g/mol. The van der Waals surface area contributed by atoms with Crippen molar-refractivity contribution in [3.63, 3.8) is 0 Å². The summed E-state index contributed by atoms with van der Waals surface area (Å²) in [6.45, 7) is 10.8. The topological polar surface area (TPSA) is 41.5 Å². The van der Waals surface area contributed by atoms with Gasteiger partial charge in [-0.25, -0.2) is 4.99 Å². The van der Waals surface area contributed by atoms with Crippen LogP contribution >= 0.6 is 0 Å². The lowest BCUT2D eigenvalue weighted by Gasteiger charge is -2.32. The first-order chi connectivity index (χ1) is 11.6. The standard InChI is InChI=1S/C20H37N3O/c1-4-6-7-8-9-10-11-12-13-14-20-22-16-18-23(20,5-2)17-15-21-19(3)24/h13-14H,4-12,15-18H2,1-3H3/p+1/b14-13+. The molecule has 0 fully saturated rings. The highest BCUT2D eigenvalue weighted by atomic mass is 16.1. The van der Waals surface area contributed by atoms with Crippen LogP contribution < -0.4 is 5.32 Å². The lowest BCUT2D eigenvalue weighted by Crippen LogP contribution is -2.53. The molecule has 4 heteroatoms. The fraction of sp³-hybridized carbons (Fsp3) is 0.800. The Morgan fingerprint density at radius 1 is 1.17 bits per heavy atom. The average molecular weight is 337 g/mol. The van der Waals surface area contributed by atoms with Crippen molar-refractivity contribution in [2.75, 3.05) is 32.7 Å². The van der Waals surface area contributed by atoms with E-state index < -0.39 is 0 Å². The number of unbranched alkanes of at least 4 members (excludes halogenated alkanes) is 7. The van der Waals surface area contributed by atoms with E-state index in [0.29, 0.717) is 0 Å². The SMILES string of the molecule is CCCCCCCCC/C=C/C1=NCC[N+]1(CC)CCNC(C)=O. The molecule has 1 aliphatic rings. The first kappa shape index (κ1) is 20.9. The molecule has 0 aromatic rings. The summed E-state index contributed by atoms with van der Waals surface area (Å²) in [7, 11) is 0. The number of carbonyl (C=O) groups is 1.